The minimum atomic E-state index is -0.211. The van der Waals surface area contributed by atoms with Crippen LogP contribution in [0, 0.1) is 0 Å². The number of benzene rings is 2. The van der Waals surface area contributed by atoms with Crippen LogP contribution in [0.15, 0.2) is 60.7 Å². The van der Waals surface area contributed by atoms with Crippen LogP contribution < -0.4 is 0 Å². The molecule has 0 aromatic heterocycles. The van der Waals surface area contributed by atoms with Crippen molar-refractivity contribution in [2.24, 2.45) is 0 Å². The van der Waals surface area contributed by atoms with E-state index in [0.717, 1.165) is 12.0 Å². The minimum Gasteiger partial charge on any atom is -0.465 e. The highest BCUT2D eigenvalue weighted by molar-refractivity contribution is 5.77. The van der Waals surface area contributed by atoms with E-state index < -0.39 is 0 Å². The molecule has 0 aliphatic rings. The molecule has 0 aliphatic heterocycles. The third kappa shape index (κ3) is 3.95. The van der Waals surface area contributed by atoms with Gasteiger partial charge in [0, 0.05) is 6.42 Å². The molecular formula is C17H18O2. The lowest BCUT2D eigenvalue weighted by atomic mass is 10.0. The molecule has 19 heavy (non-hydrogen) atoms. The van der Waals surface area contributed by atoms with Crippen molar-refractivity contribution in [1.29, 1.82) is 0 Å². The van der Waals surface area contributed by atoms with E-state index in [4.69, 9.17) is 4.74 Å². The third-order valence-electron chi connectivity index (χ3n) is 3.13. The summed E-state index contributed by atoms with van der Waals surface area (Å²) in [5.41, 5.74) is 2.18. The smallest absolute Gasteiger partial charge is 0.313 e. The van der Waals surface area contributed by atoms with Crippen molar-refractivity contribution in [3.63, 3.8) is 0 Å². The van der Waals surface area contributed by atoms with Gasteiger partial charge in [0.25, 0.3) is 0 Å². The average molecular weight is 254 g/mol. The lowest BCUT2D eigenvalue weighted by molar-refractivity contribution is -0.144. The number of carbonyl (C=O) groups is 1. The first-order valence-electron chi connectivity index (χ1n) is 6.53. The predicted molar refractivity (Wildman–Crippen MR) is 76.0 cm³/mol. The first-order chi connectivity index (χ1) is 9.27. The van der Waals surface area contributed by atoms with Crippen molar-refractivity contribution in [3.05, 3.63) is 71.8 Å². The first-order valence-corrected chi connectivity index (χ1v) is 6.53. The molecule has 0 bridgehead atoms. The van der Waals surface area contributed by atoms with Crippen molar-refractivity contribution in [2.75, 3.05) is 6.61 Å². The average Bonchev–Trinajstić information content (AvgIpc) is 2.48. The molecule has 0 spiro atoms. The van der Waals surface area contributed by atoms with Crippen molar-refractivity contribution in [1.82, 2.24) is 0 Å². The maximum absolute atomic E-state index is 11.9. The number of rotatable bonds is 5. The number of ether oxygens (including phenoxy) is 1. The van der Waals surface area contributed by atoms with Crippen molar-refractivity contribution >= 4 is 5.97 Å². The van der Waals surface area contributed by atoms with Gasteiger partial charge in [-0.2, -0.15) is 0 Å². The lowest BCUT2D eigenvalue weighted by Gasteiger charge is -2.11. The van der Waals surface area contributed by atoms with Crippen LogP contribution in [0.4, 0.5) is 0 Å². The Bertz CT molecular complexity index is 505. The van der Waals surface area contributed by atoms with Crippen LogP contribution in [0.5, 0.6) is 0 Å². The van der Waals surface area contributed by atoms with Crippen LogP contribution >= 0.6 is 0 Å². The van der Waals surface area contributed by atoms with Crippen LogP contribution in [0.1, 0.15) is 24.0 Å². The molecule has 0 fully saturated rings. The van der Waals surface area contributed by atoms with Crippen LogP contribution in [0.2, 0.25) is 0 Å². The molecule has 2 heteroatoms. The Morgan fingerprint density at radius 3 is 2.21 bits per heavy atom. The summed E-state index contributed by atoms with van der Waals surface area (Å²) in [6, 6.07) is 19.7. The minimum absolute atomic E-state index is 0.165. The molecule has 0 saturated carbocycles. The molecule has 0 N–H and O–H groups in total. The molecule has 1 atom stereocenters. The molecular weight excluding hydrogens is 236 g/mol. The second kappa shape index (κ2) is 6.74. The van der Waals surface area contributed by atoms with Gasteiger partial charge in [-0.05, 0) is 18.1 Å². The topological polar surface area (TPSA) is 26.3 Å². The zero-order valence-electron chi connectivity index (χ0n) is 11.1. The van der Waals surface area contributed by atoms with Gasteiger partial charge in [-0.25, -0.2) is 0 Å². The van der Waals surface area contributed by atoms with Gasteiger partial charge in [-0.3, -0.25) is 4.79 Å². The Kier molecular flexibility index (Phi) is 4.73. The van der Waals surface area contributed by atoms with Gasteiger partial charge in [-0.1, -0.05) is 60.7 Å². The highest BCUT2D eigenvalue weighted by Gasteiger charge is 2.15. The summed E-state index contributed by atoms with van der Waals surface area (Å²) in [6.45, 7) is 2.31. The SMILES string of the molecule is CC(C(=O)OCCc1ccccc1)c1ccccc1. The first kappa shape index (κ1) is 13.3. The van der Waals surface area contributed by atoms with E-state index in [0.29, 0.717) is 6.61 Å². The standard InChI is InChI=1S/C17H18O2/c1-14(16-10-6-3-7-11-16)17(18)19-13-12-15-8-4-2-5-9-15/h2-11,14H,12-13H2,1H3. The Hall–Kier alpha value is -2.09. The quantitative estimate of drug-likeness (QED) is 0.762. The largest absolute Gasteiger partial charge is 0.465 e. The Morgan fingerprint density at radius 2 is 1.58 bits per heavy atom. The van der Waals surface area contributed by atoms with Crippen molar-refractivity contribution in [3.8, 4) is 0 Å². The van der Waals surface area contributed by atoms with E-state index in [2.05, 4.69) is 0 Å². The van der Waals surface area contributed by atoms with E-state index in [1.807, 2.05) is 67.6 Å². The monoisotopic (exact) mass is 254 g/mol. The Labute approximate surface area is 114 Å². The summed E-state index contributed by atoms with van der Waals surface area (Å²) < 4.78 is 5.32. The van der Waals surface area contributed by atoms with Gasteiger partial charge in [0.05, 0.1) is 12.5 Å². The molecule has 0 aliphatic carbocycles. The van der Waals surface area contributed by atoms with Crippen LogP contribution in [0.3, 0.4) is 0 Å². The molecule has 98 valence electrons. The van der Waals surface area contributed by atoms with Gasteiger partial charge in [0.2, 0.25) is 0 Å². The fraction of sp³-hybridized carbons (Fsp3) is 0.235. The van der Waals surface area contributed by atoms with Gasteiger partial charge >= 0.3 is 5.97 Å². The van der Waals surface area contributed by atoms with E-state index >= 15 is 0 Å². The third-order valence-corrected chi connectivity index (χ3v) is 3.13. The normalized spacial score (nSPS) is 11.8. The zero-order valence-corrected chi connectivity index (χ0v) is 11.1. The molecule has 2 nitrogen and oxygen atoms in total. The molecule has 2 aromatic rings. The summed E-state index contributed by atoms with van der Waals surface area (Å²) in [7, 11) is 0. The van der Waals surface area contributed by atoms with Crippen molar-refractivity contribution < 1.29 is 9.53 Å². The molecule has 0 radical (unpaired) electrons. The molecule has 0 amide bonds. The zero-order chi connectivity index (χ0) is 13.5. The second-order valence-corrected chi connectivity index (χ2v) is 4.54. The summed E-state index contributed by atoms with van der Waals surface area (Å²) >= 11 is 0. The molecule has 0 heterocycles. The number of hydrogen-bond donors (Lipinski definition) is 0. The predicted octanol–water partition coefficient (Wildman–Crippen LogP) is 3.58. The van der Waals surface area contributed by atoms with E-state index in [-0.39, 0.29) is 11.9 Å². The Morgan fingerprint density at radius 1 is 1.00 bits per heavy atom. The summed E-state index contributed by atoms with van der Waals surface area (Å²) in [5, 5.41) is 0. The van der Waals surface area contributed by atoms with E-state index in [1.54, 1.807) is 0 Å². The van der Waals surface area contributed by atoms with Crippen LogP contribution in [-0.2, 0) is 16.0 Å². The maximum atomic E-state index is 11.9. The van der Waals surface area contributed by atoms with Gasteiger partial charge in [0.15, 0.2) is 0 Å². The highest BCUT2D eigenvalue weighted by Crippen LogP contribution is 2.16. The van der Waals surface area contributed by atoms with Gasteiger partial charge in [-0.15, -0.1) is 0 Å². The second-order valence-electron chi connectivity index (χ2n) is 4.54. The Balaban J connectivity index is 1.82. The highest BCUT2D eigenvalue weighted by atomic mass is 16.5. The summed E-state index contributed by atoms with van der Waals surface area (Å²) in [5.74, 6) is -0.376. The van der Waals surface area contributed by atoms with Crippen molar-refractivity contribution in [2.45, 2.75) is 19.3 Å². The number of esters is 1. The van der Waals surface area contributed by atoms with Crippen LogP contribution in [0.25, 0.3) is 0 Å². The van der Waals surface area contributed by atoms with E-state index in [1.165, 1.54) is 5.56 Å². The summed E-state index contributed by atoms with van der Waals surface area (Å²) in [4.78, 5) is 11.9. The molecule has 2 rings (SSSR count). The molecule has 1 unspecified atom stereocenters. The van der Waals surface area contributed by atoms with Crippen LogP contribution in [-0.4, -0.2) is 12.6 Å². The van der Waals surface area contributed by atoms with Gasteiger partial charge < -0.3 is 4.74 Å². The van der Waals surface area contributed by atoms with E-state index in [9.17, 15) is 4.79 Å². The molecule has 2 aromatic carbocycles. The fourth-order valence-electron chi connectivity index (χ4n) is 1.92. The number of carbonyl (C=O) groups excluding carboxylic acids is 1. The maximum Gasteiger partial charge on any atom is 0.313 e. The summed E-state index contributed by atoms with van der Waals surface area (Å²) in [6.07, 6.45) is 0.758. The lowest BCUT2D eigenvalue weighted by Crippen LogP contribution is -2.14. The molecule has 0 saturated heterocycles. The van der Waals surface area contributed by atoms with Gasteiger partial charge in [0.1, 0.15) is 0 Å². The fourth-order valence-corrected chi connectivity index (χ4v) is 1.92. The number of hydrogen-bond acceptors (Lipinski definition) is 2.